The van der Waals surface area contributed by atoms with Crippen LogP contribution in [0.2, 0.25) is 0 Å². The third-order valence-corrected chi connectivity index (χ3v) is 7.72. The average Bonchev–Trinajstić information content (AvgIpc) is 3.43. The summed E-state index contributed by atoms with van der Waals surface area (Å²) in [7, 11) is 0. The maximum absolute atomic E-state index is 13.3. The molecule has 0 fully saturated rings. The third-order valence-electron chi connectivity index (χ3n) is 6.97. The van der Waals surface area contributed by atoms with Crippen LogP contribution in [0.1, 0.15) is 45.1 Å². The molecule has 0 saturated heterocycles. The number of hydrogen-bond acceptors (Lipinski definition) is 7. The standard InChI is InChI=1S/C30H33F3N6OS/c1-29(2,30(31,32)33)20-40-26-17-19-39(37-26)23-15-16-25-36-28(23)22-12-7-6-11-21(22)10-5-3-4-8-18-34-24-13-9-14-27(35-24)41-38-25/h6-7,9,11-17,19H,3-5,8,10,18,20H2,1-2H3,(H,34,35)(H,36,38). The number of ether oxygens (including phenoxy) is 1. The van der Waals surface area contributed by atoms with E-state index in [1.165, 1.54) is 17.5 Å². The molecule has 2 N–H and O–H groups in total. The Morgan fingerprint density at radius 2 is 1.73 bits per heavy atom. The van der Waals surface area contributed by atoms with Crippen LogP contribution < -0.4 is 14.8 Å². The van der Waals surface area contributed by atoms with E-state index in [9.17, 15) is 13.2 Å². The van der Waals surface area contributed by atoms with Gasteiger partial charge in [-0.25, -0.2) is 14.6 Å². The second-order valence-corrected chi connectivity index (χ2v) is 11.5. The molecule has 0 atom stereocenters. The molecule has 1 aromatic carbocycles. The van der Waals surface area contributed by atoms with Crippen molar-refractivity contribution < 1.29 is 17.9 Å². The quantitative estimate of drug-likeness (QED) is 0.237. The molecule has 1 aliphatic heterocycles. The molecule has 0 amide bonds. The van der Waals surface area contributed by atoms with E-state index in [-0.39, 0.29) is 5.88 Å². The zero-order valence-electron chi connectivity index (χ0n) is 23.0. The highest BCUT2D eigenvalue weighted by Crippen LogP contribution is 2.38. The molecule has 41 heavy (non-hydrogen) atoms. The van der Waals surface area contributed by atoms with Crippen molar-refractivity contribution in [1.82, 2.24) is 19.7 Å². The van der Waals surface area contributed by atoms with E-state index in [0.29, 0.717) is 17.2 Å². The van der Waals surface area contributed by atoms with Gasteiger partial charge in [0.2, 0.25) is 5.88 Å². The predicted molar refractivity (Wildman–Crippen MR) is 157 cm³/mol. The smallest absolute Gasteiger partial charge is 0.397 e. The van der Waals surface area contributed by atoms with Gasteiger partial charge in [-0.1, -0.05) is 43.2 Å². The van der Waals surface area contributed by atoms with E-state index in [0.717, 1.165) is 68.9 Å². The zero-order valence-corrected chi connectivity index (χ0v) is 23.9. The van der Waals surface area contributed by atoms with Gasteiger partial charge in [0.15, 0.2) is 0 Å². The largest absolute Gasteiger partial charge is 0.476 e. The van der Waals surface area contributed by atoms with Gasteiger partial charge in [-0.2, -0.15) is 13.2 Å². The van der Waals surface area contributed by atoms with E-state index >= 15 is 0 Å². The molecule has 4 aromatic rings. The molecule has 4 heterocycles. The molecule has 0 radical (unpaired) electrons. The van der Waals surface area contributed by atoms with Crippen LogP contribution >= 0.6 is 11.9 Å². The minimum absolute atomic E-state index is 0.115. The van der Waals surface area contributed by atoms with Gasteiger partial charge >= 0.3 is 6.18 Å². The molecule has 216 valence electrons. The number of aryl methyl sites for hydroxylation is 1. The van der Waals surface area contributed by atoms with Crippen molar-refractivity contribution in [1.29, 1.82) is 0 Å². The molecular formula is C30H33F3N6OS. The SMILES string of the molecule is CC(C)(COc1ccn(-c2ccc3nc2-c2ccccc2CCCCCCNc2cccc(n2)SN3)n1)C(F)(F)F. The number of nitrogens with one attached hydrogen (secondary N) is 2. The summed E-state index contributed by atoms with van der Waals surface area (Å²) < 4.78 is 50.3. The highest BCUT2D eigenvalue weighted by atomic mass is 32.2. The first-order valence-electron chi connectivity index (χ1n) is 13.7. The first kappa shape index (κ1) is 28.8. The fourth-order valence-corrected chi connectivity index (χ4v) is 5.01. The number of rotatable bonds is 4. The second-order valence-electron chi connectivity index (χ2n) is 10.6. The molecule has 1 aliphatic rings. The molecule has 5 rings (SSSR count). The van der Waals surface area contributed by atoms with Gasteiger partial charge in [0.05, 0.1) is 16.8 Å². The molecule has 0 unspecified atom stereocenters. The Balaban J connectivity index is 1.48. The molecule has 11 heteroatoms. The third kappa shape index (κ3) is 7.13. The summed E-state index contributed by atoms with van der Waals surface area (Å²) in [5, 5.41) is 8.67. The Morgan fingerprint density at radius 3 is 2.59 bits per heavy atom. The van der Waals surface area contributed by atoms with Crippen LogP contribution in [0.5, 0.6) is 5.88 Å². The van der Waals surface area contributed by atoms with Crippen LogP contribution in [-0.4, -0.2) is 39.1 Å². The monoisotopic (exact) mass is 582 g/mol. The number of hydrogen-bond donors (Lipinski definition) is 2. The lowest BCUT2D eigenvalue weighted by Crippen LogP contribution is -2.37. The number of anilines is 2. The van der Waals surface area contributed by atoms with Crippen LogP contribution in [0.25, 0.3) is 16.9 Å². The summed E-state index contributed by atoms with van der Waals surface area (Å²) in [5.41, 5.74) is 1.57. The lowest BCUT2D eigenvalue weighted by Gasteiger charge is -2.26. The summed E-state index contributed by atoms with van der Waals surface area (Å²) >= 11 is 1.37. The topological polar surface area (TPSA) is 76.9 Å². The molecule has 0 aliphatic carbocycles. The number of halogens is 3. The van der Waals surface area contributed by atoms with Gasteiger partial charge in [-0.15, -0.1) is 5.10 Å². The zero-order chi connectivity index (χ0) is 28.9. The summed E-state index contributed by atoms with van der Waals surface area (Å²) in [4.78, 5) is 9.66. The van der Waals surface area contributed by atoms with Crippen LogP contribution in [0.3, 0.4) is 0 Å². The first-order chi connectivity index (χ1) is 19.7. The minimum atomic E-state index is -4.39. The fourth-order valence-electron chi connectivity index (χ4n) is 4.40. The van der Waals surface area contributed by atoms with Gasteiger partial charge in [0.1, 0.15) is 23.3 Å². The Morgan fingerprint density at radius 1 is 0.902 bits per heavy atom. The lowest BCUT2D eigenvalue weighted by atomic mass is 9.94. The van der Waals surface area contributed by atoms with Gasteiger partial charge in [-0.3, -0.25) is 0 Å². The number of aromatic nitrogens is 4. The summed E-state index contributed by atoms with van der Waals surface area (Å²) in [6, 6.07) is 19.4. The maximum atomic E-state index is 13.3. The Bertz CT molecular complexity index is 1470. The van der Waals surface area contributed by atoms with Crippen LogP contribution in [0.15, 0.2) is 71.9 Å². The van der Waals surface area contributed by atoms with Crippen LogP contribution in [0, 0.1) is 5.41 Å². The number of benzene rings is 1. The van der Waals surface area contributed by atoms with Crippen molar-refractivity contribution in [3.05, 3.63) is 72.4 Å². The molecular weight excluding hydrogens is 549 g/mol. The van der Waals surface area contributed by atoms with Gasteiger partial charge in [-0.05, 0) is 62.9 Å². The van der Waals surface area contributed by atoms with Gasteiger partial charge in [0.25, 0.3) is 0 Å². The normalized spacial score (nSPS) is 14.8. The van der Waals surface area contributed by atoms with E-state index in [4.69, 9.17) is 9.72 Å². The molecule has 0 spiro atoms. The molecule has 4 bridgehead atoms. The Hall–Kier alpha value is -3.73. The number of fused-ring (bicyclic) bond motifs is 6. The lowest BCUT2D eigenvalue weighted by molar-refractivity contribution is -0.219. The maximum Gasteiger partial charge on any atom is 0.397 e. The molecule has 3 aromatic heterocycles. The minimum Gasteiger partial charge on any atom is -0.476 e. The van der Waals surface area contributed by atoms with Gasteiger partial charge in [0, 0.05) is 36.3 Å². The van der Waals surface area contributed by atoms with Crippen molar-refractivity contribution in [2.45, 2.75) is 57.2 Å². The summed E-state index contributed by atoms with van der Waals surface area (Å²) in [6.45, 7) is 2.56. The predicted octanol–water partition coefficient (Wildman–Crippen LogP) is 7.94. The number of alkyl halides is 3. The Labute approximate surface area is 242 Å². The highest BCUT2D eigenvalue weighted by Gasteiger charge is 2.48. The van der Waals surface area contributed by atoms with Crippen LogP contribution in [-0.2, 0) is 6.42 Å². The van der Waals surface area contributed by atoms with Crippen molar-refractivity contribution in [3.8, 4) is 22.8 Å². The number of nitrogens with zero attached hydrogens (tertiary/aromatic N) is 4. The van der Waals surface area contributed by atoms with Crippen molar-refractivity contribution in [3.63, 3.8) is 0 Å². The fraction of sp³-hybridized carbons (Fsp3) is 0.367. The average molecular weight is 583 g/mol. The molecule has 7 nitrogen and oxygen atoms in total. The number of pyridine rings is 2. The van der Waals surface area contributed by atoms with Crippen LogP contribution in [0.4, 0.5) is 24.8 Å². The van der Waals surface area contributed by atoms with E-state index in [2.05, 4.69) is 26.2 Å². The van der Waals surface area contributed by atoms with E-state index in [1.807, 2.05) is 48.5 Å². The van der Waals surface area contributed by atoms with E-state index in [1.54, 1.807) is 16.9 Å². The second kappa shape index (κ2) is 12.4. The first-order valence-corrected chi connectivity index (χ1v) is 14.5. The summed E-state index contributed by atoms with van der Waals surface area (Å²) in [5.74, 6) is 1.60. The Kier molecular flexibility index (Phi) is 8.72. The van der Waals surface area contributed by atoms with Crippen molar-refractivity contribution >= 4 is 23.6 Å². The summed E-state index contributed by atoms with van der Waals surface area (Å²) in [6.07, 6.45) is 2.53. The van der Waals surface area contributed by atoms with Crippen molar-refractivity contribution in [2.75, 3.05) is 23.2 Å². The highest BCUT2D eigenvalue weighted by molar-refractivity contribution is 8.00. The van der Waals surface area contributed by atoms with Gasteiger partial charge < -0.3 is 14.8 Å². The van der Waals surface area contributed by atoms with E-state index < -0.39 is 18.2 Å². The molecule has 0 saturated carbocycles. The van der Waals surface area contributed by atoms with Crippen molar-refractivity contribution in [2.24, 2.45) is 5.41 Å².